The van der Waals surface area contributed by atoms with Gasteiger partial charge in [0.2, 0.25) is 11.9 Å². The van der Waals surface area contributed by atoms with E-state index in [9.17, 15) is 4.39 Å². The maximum Gasteiger partial charge on any atom is 0.224 e. The number of para-hydroxylation sites is 1. The van der Waals surface area contributed by atoms with Gasteiger partial charge in [0.15, 0.2) is 5.65 Å². The molecule has 4 aromatic rings. The predicted molar refractivity (Wildman–Crippen MR) is 125 cm³/mol. The van der Waals surface area contributed by atoms with Crippen molar-refractivity contribution >= 4 is 28.7 Å². The molecule has 2 aromatic heterocycles. The summed E-state index contributed by atoms with van der Waals surface area (Å²) in [5.41, 5.74) is 3.07. The van der Waals surface area contributed by atoms with Crippen LogP contribution in [-0.2, 0) is 6.42 Å². The molecule has 7 heteroatoms. The van der Waals surface area contributed by atoms with Crippen LogP contribution in [0.15, 0.2) is 60.8 Å². The topological polar surface area (TPSA) is 67.7 Å². The molecule has 4 rings (SSSR count). The standard InChI is InChI=1S/C23H25FN6.CH4/c1-16(2)30-21-20(28-23(30)27-19-13-7-6-12-18(19)24)15-26-22(29-21)25-14-8-11-17-9-4-3-5-10-17;/h3-7,9-10,12-13,15-16H,8,11,14H2,1-2H3,(H,27,28)(H,25,26,29);1H4. The van der Waals surface area contributed by atoms with Crippen molar-refractivity contribution in [2.75, 3.05) is 17.2 Å². The minimum absolute atomic E-state index is 0. The summed E-state index contributed by atoms with van der Waals surface area (Å²) < 4.78 is 16.0. The number of anilines is 3. The molecule has 0 saturated heterocycles. The van der Waals surface area contributed by atoms with Crippen molar-refractivity contribution in [2.24, 2.45) is 0 Å². The number of imidazole rings is 1. The van der Waals surface area contributed by atoms with Crippen LogP contribution in [0, 0.1) is 5.82 Å². The summed E-state index contributed by atoms with van der Waals surface area (Å²) in [6.45, 7) is 4.86. The first kappa shape index (κ1) is 22.2. The van der Waals surface area contributed by atoms with Crippen molar-refractivity contribution in [3.63, 3.8) is 0 Å². The zero-order valence-corrected chi connectivity index (χ0v) is 17.1. The Balaban J connectivity index is 0.00000272. The smallest absolute Gasteiger partial charge is 0.224 e. The van der Waals surface area contributed by atoms with E-state index in [1.165, 1.54) is 11.6 Å². The van der Waals surface area contributed by atoms with E-state index in [-0.39, 0.29) is 19.3 Å². The molecule has 2 aromatic carbocycles. The van der Waals surface area contributed by atoms with Crippen molar-refractivity contribution in [1.82, 2.24) is 19.5 Å². The number of nitrogens with zero attached hydrogens (tertiary/aromatic N) is 4. The van der Waals surface area contributed by atoms with Gasteiger partial charge in [-0.3, -0.25) is 4.57 Å². The van der Waals surface area contributed by atoms with E-state index >= 15 is 0 Å². The Morgan fingerprint density at radius 3 is 2.48 bits per heavy atom. The average molecular weight is 421 g/mol. The zero-order valence-electron chi connectivity index (χ0n) is 17.1. The lowest BCUT2D eigenvalue weighted by Crippen LogP contribution is -2.09. The number of aryl methyl sites for hydroxylation is 1. The van der Waals surface area contributed by atoms with Gasteiger partial charge in [-0.1, -0.05) is 49.9 Å². The molecule has 0 spiro atoms. The van der Waals surface area contributed by atoms with Crippen molar-refractivity contribution in [1.29, 1.82) is 0 Å². The fraction of sp³-hybridized carbons (Fsp3) is 0.292. The largest absolute Gasteiger partial charge is 0.354 e. The molecule has 31 heavy (non-hydrogen) atoms. The Morgan fingerprint density at radius 2 is 1.74 bits per heavy atom. The third-order valence-electron chi connectivity index (χ3n) is 4.84. The molecule has 6 nitrogen and oxygen atoms in total. The Bertz CT molecular complexity index is 1120. The highest BCUT2D eigenvalue weighted by Gasteiger charge is 2.17. The second-order valence-corrected chi connectivity index (χ2v) is 7.42. The van der Waals surface area contributed by atoms with E-state index in [0.717, 1.165) is 19.4 Å². The third-order valence-corrected chi connectivity index (χ3v) is 4.84. The maximum absolute atomic E-state index is 14.1. The first-order valence-electron chi connectivity index (χ1n) is 10.2. The summed E-state index contributed by atoms with van der Waals surface area (Å²) in [6, 6.07) is 17.0. The van der Waals surface area contributed by atoms with Crippen LogP contribution in [0.4, 0.5) is 22.0 Å². The van der Waals surface area contributed by atoms with Crippen LogP contribution < -0.4 is 10.6 Å². The Labute approximate surface area is 182 Å². The van der Waals surface area contributed by atoms with E-state index in [1.807, 2.05) is 24.5 Å². The highest BCUT2D eigenvalue weighted by Crippen LogP contribution is 2.26. The minimum atomic E-state index is -0.327. The lowest BCUT2D eigenvalue weighted by molar-refractivity contribution is 0.615. The zero-order chi connectivity index (χ0) is 20.9. The number of rotatable bonds is 8. The van der Waals surface area contributed by atoms with Gasteiger partial charge >= 0.3 is 0 Å². The Morgan fingerprint density at radius 1 is 1.00 bits per heavy atom. The second kappa shape index (κ2) is 10.0. The summed E-state index contributed by atoms with van der Waals surface area (Å²) in [5.74, 6) is 0.780. The minimum Gasteiger partial charge on any atom is -0.354 e. The van der Waals surface area contributed by atoms with Crippen LogP contribution in [0.3, 0.4) is 0 Å². The average Bonchev–Trinajstić information content (AvgIpc) is 3.11. The lowest BCUT2D eigenvalue weighted by atomic mass is 10.1. The van der Waals surface area contributed by atoms with Crippen LogP contribution >= 0.6 is 0 Å². The predicted octanol–water partition coefficient (Wildman–Crippen LogP) is 5.97. The number of nitrogens with one attached hydrogen (secondary N) is 2. The van der Waals surface area contributed by atoms with Crippen molar-refractivity contribution < 1.29 is 4.39 Å². The van der Waals surface area contributed by atoms with Gasteiger partial charge in [0, 0.05) is 12.6 Å². The molecule has 2 N–H and O–H groups in total. The Kier molecular flexibility index (Phi) is 7.18. The quantitative estimate of drug-likeness (QED) is 0.344. The molecule has 0 aliphatic heterocycles. The number of hydrogen-bond donors (Lipinski definition) is 2. The fourth-order valence-electron chi connectivity index (χ4n) is 3.37. The van der Waals surface area contributed by atoms with Gasteiger partial charge in [0.1, 0.15) is 11.3 Å². The van der Waals surface area contributed by atoms with Crippen LogP contribution in [-0.4, -0.2) is 26.1 Å². The van der Waals surface area contributed by atoms with Crippen LogP contribution in [0.2, 0.25) is 0 Å². The summed E-state index contributed by atoms with van der Waals surface area (Å²) in [4.78, 5) is 13.6. The maximum atomic E-state index is 14.1. The molecule has 0 atom stereocenters. The summed E-state index contributed by atoms with van der Waals surface area (Å²) in [6.07, 6.45) is 3.68. The van der Waals surface area contributed by atoms with Gasteiger partial charge in [-0.15, -0.1) is 0 Å². The summed E-state index contributed by atoms with van der Waals surface area (Å²) >= 11 is 0. The molecule has 0 unspecified atom stereocenters. The number of hydrogen-bond acceptors (Lipinski definition) is 5. The fourth-order valence-corrected chi connectivity index (χ4v) is 3.37. The molecule has 0 amide bonds. The molecular formula is C24H29FN6. The molecule has 0 fully saturated rings. The second-order valence-electron chi connectivity index (χ2n) is 7.42. The van der Waals surface area contributed by atoms with Gasteiger partial charge in [-0.05, 0) is 44.4 Å². The summed E-state index contributed by atoms with van der Waals surface area (Å²) in [5, 5.41) is 6.39. The van der Waals surface area contributed by atoms with Gasteiger partial charge < -0.3 is 10.6 Å². The first-order valence-corrected chi connectivity index (χ1v) is 10.2. The molecule has 0 saturated carbocycles. The molecule has 0 radical (unpaired) electrons. The third kappa shape index (κ3) is 5.17. The number of fused-ring (bicyclic) bond motifs is 1. The van der Waals surface area contributed by atoms with E-state index < -0.39 is 0 Å². The SMILES string of the molecule is C.CC(C)n1c(Nc2ccccc2F)nc2cnc(NCCCc3ccccc3)nc21. The van der Waals surface area contributed by atoms with Crippen molar-refractivity contribution in [3.05, 3.63) is 72.2 Å². The molecule has 0 aliphatic carbocycles. The molecule has 162 valence electrons. The van der Waals surface area contributed by atoms with Gasteiger partial charge in [0.25, 0.3) is 0 Å². The van der Waals surface area contributed by atoms with Gasteiger partial charge in [-0.25, -0.2) is 14.4 Å². The molecular weight excluding hydrogens is 391 g/mol. The molecule has 0 bridgehead atoms. The van der Waals surface area contributed by atoms with Gasteiger partial charge in [-0.2, -0.15) is 4.98 Å². The number of benzene rings is 2. The van der Waals surface area contributed by atoms with Crippen molar-refractivity contribution in [2.45, 2.75) is 40.2 Å². The van der Waals surface area contributed by atoms with Crippen LogP contribution in [0.25, 0.3) is 11.2 Å². The van der Waals surface area contributed by atoms with Crippen LogP contribution in [0.5, 0.6) is 0 Å². The van der Waals surface area contributed by atoms with Crippen molar-refractivity contribution in [3.8, 4) is 0 Å². The first-order chi connectivity index (χ1) is 14.6. The lowest BCUT2D eigenvalue weighted by Gasteiger charge is -2.14. The van der Waals surface area contributed by atoms with E-state index in [4.69, 9.17) is 0 Å². The molecule has 2 heterocycles. The van der Waals surface area contributed by atoms with Crippen LogP contribution in [0.1, 0.15) is 39.3 Å². The summed E-state index contributed by atoms with van der Waals surface area (Å²) in [7, 11) is 0. The highest BCUT2D eigenvalue weighted by atomic mass is 19.1. The number of aromatic nitrogens is 4. The molecule has 0 aliphatic rings. The van der Waals surface area contributed by atoms with E-state index in [1.54, 1.807) is 24.4 Å². The highest BCUT2D eigenvalue weighted by molar-refractivity contribution is 5.76. The van der Waals surface area contributed by atoms with E-state index in [0.29, 0.717) is 28.7 Å². The Hall–Kier alpha value is -3.48. The number of halogens is 1. The van der Waals surface area contributed by atoms with E-state index in [2.05, 4.69) is 49.9 Å². The van der Waals surface area contributed by atoms with Gasteiger partial charge in [0.05, 0.1) is 11.9 Å². The monoisotopic (exact) mass is 420 g/mol. The normalized spacial score (nSPS) is 10.8.